The van der Waals surface area contributed by atoms with E-state index in [0.29, 0.717) is 5.75 Å². The minimum absolute atomic E-state index is 0.468. The molecule has 0 atom stereocenters. The van der Waals surface area contributed by atoms with Crippen molar-refractivity contribution in [2.45, 2.75) is 6.42 Å². The van der Waals surface area contributed by atoms with Crippen molar-refractivity contribution in [2.24, 2.45) is 0 Å². The van der Waals surface area contributed by atoms with E-state index in [1.54, 1.807) is 12.1 Å². The van der Waals surface area contributed by atoms with Crippen LogP contribution in [0.2, 0.25) is 0 Å². The van der Waals surface area contributed by atoms with E-state index in [1.807, 2.05) is 18.2 Å². The molecule has 0 unspecified atom stereocenters. The molecule has 1 aliphatic carbocycles. The lowest BCUT2D eigenvalue weighted by Crippen LogP contribution is -2.10. The highest BCUT2D eigenvalue weighted by molar-refractivity contribution is 5.75. The summed E-state index contributed by atoms with van der Waals surface area (Å²) < 4.78 is 16.8. The van der Waals surface area contributed by atoms with Crippen LogP contribution in [0.15, 0.2) is 24.3 Å². The number of fused-ring (bicyclic) bond motifs is 1. The van der Waals surface area contributed by atoms with Gasteiger partial charge in [0.05, 0.1) is 0 Å². The molecule has 0 saturated heterocycles. The first-order valence-electron chi connectivity index (χ1n) is 4.36. The number of hydrogen-bond acceptors (Lipinski definition) is 2. The summed E-state index contributed by atoms with van der Waals surface area (Å²) in [5.41, 5.74) is 1.99. The average Bonchev–Trinajstić information content (AvgIpc) is 2.66. The predicted octanol–water partition coefficient (Wildman–Crippen LogP) is 2.13. The summed E-state index contributed by atoms with van der Waals surface area (Å²) in [6.45, 7) is -1.09. The van der Waals surface area contributed by atoms with Crippen LogP contribution in [0.1, 0.15) is 11.1 Å². The van der Waals surface area contributed by atoms with Gasteiger partial charge in [0.15, 0.2) is 6.67 Å². The van der Waals surface area contributed by atoms with Gasteiger partial charge in [-0.3, -0.25) is 0 Å². The van der Waals surface area contributed by atoms with Crippen LogP contribution in [0.5, 0.6) is 5.75 Å². The molecule has 0 amide bonds. The smallest absolute Gasteiger partial charge is 0.342 e. The zero-order chi connectivity index (χ0) is 9.97. The molecule has 14 heavy (non-hydrogen) atoms. The second kappa shape index (κ2) is 3.62. The van der Waals surface area contributed by atoms with Crippen LogP contribution >= 0.6 is 0 Å². The Kier molecular flexibility index (Phi) is 2.31. The highest BCUT2D eigenvalue weighted by Crippen LogP contribution is 2.28. The molecule has 1 aromatic carbocycles. The van der Waals surface area contributed by atoms with Crippen LogP contribution in [-0.4, -0.2) is 12.6 Å². The number of ether oxygens (including phenoxy) is 1. The summed E-state index contributed by atoms with van der Waals surface area (Å²) in [6, 6.07) is 5.40. The van der Waals surface area contributed by atoms with Crippen LogP contribution in [0, 0.1) is 0 Å². The quantitative estimate of drug-likeness (QED) is 0.530. The van der Waals surface area contributed by atoms with Crippen molar-refractivity contribution in [3.8, 4) is 5.75 Å². The van der Waals surface area contributed by atoms with Crippen molar-refractivity contribution in [1.82, 2.24) is 0 Å². The van der Waals surface area contributed by atoms with Crippen LogP contribution in [0.3, 0.4) is 0 Å². The summed E-state index contributed by atoms with van der Waals surface area (Å²) in [5.74, 6) is -0.375. The van der Waals surface area contributed by atoms with Gasteiger partial charge in [0.1, 0.15) is 5.75 Å². The van der Waals surface area contributed by atoms with E-state index in [4.69, 9.17) is 4.74 Å². The molecule has 0 heterocycles. The maximum atomic E-state index is 11.9. The van der Waals surface area contributed by atoms with Crippen molar-refractivity contribution in [1.29, 1.82) is 0 Å². The fourth-order valence-corrected chi connectivity index (χ4v) is 1.51. The van der Waals surface area contributed by atoms with Gasteiger partial charge in [-0.1, -0.05) is 24.3 Å². The largest absolute Gasteiger partial charge is 0.424 e. The third kappa shape index (κ3) is 1.53. The number of alkyl halides is 1. The van der Waals surface area contributed by atoms with Gasteiger partial charge >= 0.3 is 5.97 Å². The van der Waals surface area contributed by atoms with Crippen LogP contribution in [-0.2, 0) is 11.2 Å². The molecule has 1 aromatic rings. The lowest BCUT2D eigenvalue weighted by atomic mass is 10.1. The van der Waals surface area contributed by atoms with Crippen molar-refractivity contribution in [2.75, 3.05) is 6.67 Å². The van der Waals surface area contributed by atoms with Crippen molar-refractivity contribution in [3.63, 3.8) is 0 Å². The molecule has 3 heteroatoms. The first kappa shape index (κ1) is 8.94. The van der Waals surface area contributed by atoms with Crippen molar-refractivity contribution < 1.29 is 13.9 Å². The monoisotopic (exact) mass is 192 g/mol. The minimum atomic E-state index is -1.09. The van der Waals surface area contributed by atoms with Gasteiger partial charge in [0.25, 0.3) is 0 Å². The molecule has 0 spiro atoms. The number of carbonyl (C=O) groups excluding carboxylic acids is 1. The van der Waals surface area contributed by atoms with Crippen molar-refractivity contribution in [3.05, 3.63) is 35.4 Å². The number of carbonyl (C=O) groups is 1. The van der Waals surface area contributed by atoms with Crippen molar-refractivity contribution >= 4 is 12.0 Å². The Morgan fingerprint density at radius 2 is 2.36 bits per heavy atom. The van der Waals surface area contributed by atoms with Gasteiger partial charge < -0.3 is 4.74 Å². The Hall–Kier alpha value is -1.64. The lowest BCUT2D eigenvalue weighted by molar-refractivity contribution is -0.135. The molecule has 0 fully saturated rings. The lowest BCUT2D eigenvalue weighted by Gasteiger charge is -2.07. The maximum absolute atomic E-state index is 11.9. The number of rotatable bonds is 2. The van der Waals surface area contributed by atoms with Gasteiger partial charge in [-0.2, -0.15) is 0 Å². The third-order valence-corrected chi connectivity index (χ3v) is 2.12. The topological polar surface area (TPSA) is 26.3 Å². The van der Waals surface area contributed by atoms with Crippen LogP contribution in [0.4, 0.5) is 4.39 Å². The van der Waals surface area contributed by atoms with Gasteiger partial charge in [-0.15, -0.1) is 0 Å². The number of allylic oxidation sites excluding steroid dienone is 1. The molecule has 0 aromatic heterocycles. The highest BCUT2D eigenvalue weighted by atomic mass is 19.1. The van der Waals surface area contributed by atoms with Gasteiger partial charge in [0.2, 0.25) is 0 Å². The first-order valence-corrected chi connectivity index (χ1v) is 4.36. The Morgan fingerprint density at radius 3 is 3.14 bits per heavy atom. The normalized spacial score (nSPS) is 12.6. The Morgan fingerprint density at radius 1 is 1.50 bits per heavy atom. The fraction of sp³-hybridized carbons (Fsp3) is 0.182. The Labute approximate surface area is 81.0 Å². The minimum Gasteiger partial charge on any atom is -0.424 e. The number of esters is 1. The third-order valence-electron chi connectivity index (χ3n) is 2.12. The molecule has 72 valence electrons. The standard InChI is InChI=1S/C11H9FO2/c12-7-11(13)14-10-6-2-4-8-3-1-5-9(8)10/h1-4,6H,5,7H2. The zero-order valence-electron chi connectivity index (χ0n) is 7.50. The molecule has 0 saturated carbocycles. The first-order chi connectivity index (χ1) is 6.81. The summed E-state index contributed by atoms with van der Waals surface area (Å²) in [4.78, 5) is 10.8. The molecule has 0 aliphatic heterocycles. The van der Waals surface area contributed by atoms with Crippen LogP contribution in [0.25, 0.3) is 6.08 Å². The SMILES string of the molecule is O=C(CF)Oc1cccc2c1CC=C2. The molecule has 2 nitrogen and oxygen atoms in total. The zero-order valence-corrected chi connectivity index (χ0v) is 7.50. The summed E-state index contributed by atoms with van der Waals surface area (Å²) in [5, 5.41) is 0. The van der Waals surface area contributed by atoms with E-state index in [2.05, 4.69) is 0 Å². The van der Waals surface area contributed by atoms with Gasteiger partial charge in [-0.25, -0.2) is 9.18 Å². The Bertz CT molecular complexity index is 396. The number of halogens is 1. The molecular formula is C11H9FO2. The van der Waals surface area contributed by atoms with E-state index in [9.17, 15) is 9.18 Å². The summed E-state index contributed by atoms with van der Waals surface area (Å²) in [6.07, 6.45) is 4.69. The molecule has 1 aliphatic rings. The second-order valence-corrected chi connectivity index (χ2v) is 3.04. The van der Waals surface area contributed by atoms with E-state index >= 15 is 0 Å². The predicted molar refractivity (Wildman–Crippen MR) is 50.8 cm³/mol. The van der Waals surface area contributed by atoms with Crippen LogP contribution < -0.4 is 4.74 Å². The molecular weight excluding hydrogens is 183 g/mol. The van der Waals surface area contributed by atoms with Gasteiger partial charge in [-0.05, 0) is 18.1 Å². The fourth-order valence-electron chi connectivity index (χ4n) is 1.51. The second-order valence-electron chi connectivity index (χ2n) is 3.04. The van der Waals surface area contributed by atoms with E-state index < -0.39 is 12.6 Å². The van der Waals surface area contributed by atoms with E-state index in [0.717, 1.165) is 17.5 Å². The average molecular weight is 192 g/mol. The highest BCUT2D eigenvalue weighted by Gasteiger charge is 2.13. The number of hydrogen-bond donors (Lipinski definition) is 0. The Balaban J connectivity index is 2.28. The number of benzene rings is 1. The van der Waals surface area contributed by atoms with E-state index in [1.165, 1.54) is 0 Å². The van der Waals surface area contributed by atoms with E-state index in [-0.39, 0.29) is 0 Å². The molecule has 0 radical (unpaired) electrons. The summed E-state index contributed by atoms with van der Waals surface area (Å²) >= 11 is 0. The molecule has 0 N–H and O–H groups in total. The molecule has 2 rings (SSSR count). The summed E-state index contributed by atoms with van der Waals surface area (Å²) in [7, 11) is 0. The van der Waals surface area contributed by atoms with Gasteiger partial charge in [0, 0.05) is 5.56 Å². The maximum Gasteiger partial charge on any atom is 0.342 e. The molecule has 0 bridgehead atoms.